The molecule has 1 saturated heterocycles. The second-order valence-electron chi connectivity index (χ2n) is 7.70. The molecule has 24 heavy (non-hydrogen) atoms. The molecule has 1 unspecified atom stereocenters. The average molecular weight is 322 g/mol. The summed E-state index contributed by atoms with van der Waals surface area (Å²) in [4.78, 5) is 2.63. The molecule has 1 heteroatoms. The van der Waals surface area contributed by atoms with Crippen molar-refractivity contribution in [1.29, 1.82) is 0 Å². The topological polar surface area (TPSA) is 3.24 Å². The first kappa shape index (κ1) is 17.2. The normalized spacial score (nSPS) is 21.5. The molecule has 1 fully saturated rings. The largest absolute Gasteiger partial charge is 0.298 e. The van der Waals surface area contributed by atoms with Gasteiger partial charge in [-0.05, 0) is 42.0 Å². The summed E-state index contributed by atoms with van der Waals surface area (Å²) in [5.41, 5.74) is 4.74. The molecule has 0 N–H and O–H groups in total. The van der Waals surface area contributed by atoms with Crippen molar-refractivity contribution in [3.05, 3.63) is 71.3 Å². The number of likely N-dealkylation sites (tertiary alicyclic amines) is 1. The molecule has 0 amide bonds. The first-order chi connectivity index (χ1) is 11.6. The van der Waals surface area contributed by atoms with Crippen molar-refractivity contribution in [3.63, 3.8) is 0 Å². The molecule has 2 aromatic rings. The molecule has 1 aliphatic rings. The fourth-order valence-corrected chi connectivity index (χ4v) is 4.22. The zero-order chi connectivity index (χ0) is 17.0. The Morgan fingerprint density at radius 1 is 0.958 bits per heavy atom. The third-order valence-electron chi connectivity index (χ3n) is 5.80. The number of aryl methyl sites for hydroxylation is 1. The van der Waals surface area contributed by atoms with Gasteiger partial charge in [0.2, 0.25) is 0 Å². The number of rotatable bonds is 6. The predicted molar refractivity (Wildman–Crippen MR) is 103 cm³/mol. The van der Waals surface area contributed by atoms with Crippen molar-refractivity contribution >= 4 is 0 Å². The maximum absolute atomic E-state index is 2.63. The summed E-state index contributed by atoms with van der Waals surface area (Å²) < 4.78 is 0. The fourth-order valence-electron chi connectivity index (χ4n) is 4.22. The van der Waals surface area contributed by atoms with Crippen molar-refractivity contribution in [3.8, 4) is 0 Å². The second kappa shape index (κ2) is 7.53. The third kappa shape index (κ3) is 3.57. The summed E-state index contributed by atoms with van der Waals surface area (Å²) >= 11 is 0. The van der Waals surface area contributed by atoms with Gasteiger partial charge in [0.25, 0.3) is 0 Å². The van der Waals surface area contributed by atoms with Crippen LogP contribution in [0.3, 0.4) is 0 Å². The van der Waals surface area contributed by atoms with Crippen LogP contribution >= 0.6 is 0 Å². The van der Waals surface area contributed by atoms with E-state index in [1.165, 1.54) is 49.0 Å². The van der Waals surface area contributed by atoms with E-state index in [9.17, 15) is 0 Å². The van der Waals surface area contributed by atoms with Gasteiger partial charge in [-0.15, -0.1) is 0 Å². The zero-order valence-electron chi connectivity index (χ0n) is 15.5. The second-order valence-corrected chi connectivity index (χ2v) is 7.70. The van der Waals surface area contributed by atoms with Crippen LogP contribution in [0.2, 0.25) is 0 Å². The quantitative estimate of drug-likeness (QED) is 0.685. The summed E-state index contributed by atoms with van der Waals surface area (Å²) in [5, 5.41) is 0. The Labute approximate surface area is 147 Å². The predicted octanol–water partition coefficient (Wildman–Crippen LogP) is 5.44. The first-order valence-corrected chi connectivity index (χ1v) is 9.50. The Bertz CT molecular complexity index is 629. The van der Waals surface area contributed by atoms with E-state index in [1.54, 1.807) is 0 Å². The smallest absolute Gasteiger partial charge is 0.0234 e. The Balaban J connectivity index is 1.77. The highest BCUT2D eigenvalue weighted by Crippen LogP contribution is 2.41. The fraction of sp³-hybridized carbons (Fsp3) is 0.478. The highest BCUT2D eigenvalue weighted by atomic mass is 15.2. The standard InChI is InChI=1S/C23H31N/c1-4-8-20-11-13-22(14-12-20)23(19(2)3)15-16-24(18-23)17-21-9-6-5-7-10-21/h5-7,9-14,19H,4,8,15-18H2,1-3H3. The zero-order valence-corrected chi connectivity index (χ0v) is 15.5. The molecule has 128 valence electrons. The van der Waals surface area contributed by atoms with Crippen LogP contribution in [0.4, 0.5) is 0 Å². The van der Waals surface area contributed by atoms with Crippen LogP contribution in [0.5, 0.6) is 0 Å². The molecule has 1 heterocycles. The minimum Gasteiger partial charge on any atom is -0.298 e. The van der Waals surface area contributed by atoms with Crippen LogP contribution in [0.15, 0.2) is 54.6 Å². The van der Waals surface area contributed by atoms with E-state index in [1.807, 2.05) is 0 Å². The van der Waals surface area contributed by atoms with Crippen LogP contribution in [0.1, 0.15) is 50.3 Å². The lowest BCUT2D eigenvalue weighted by Crippen LogP contribution is -2.35. The van der Waals surface area contributed by atoms with Crippen molar-refractivity contribution < 1.29 is 0 Å². The lowest BCUT2D eigenvalue weighted by atomic mass is 9.71. The molecule has 3 rings (SSSR count). The van der Waals surface area contributed by atoms with E-state index in [0.717, 1.165) is 6.54 Å². The minimum atomic E-state index is 0.305. The summed E-state index contributed by atoms with van der Waals surface area (Å²) in [5.74, 6) is 0.662. The highest BCUT2D eigenvalue weighted by Gasteiger charge is 2.41. The van der Waals surface area contributed by atoms with Crippen LogP contribution < -0.4 is 0 Å². The number of hydrogen-bond acceptors (Lipinski definition) is 1. The molecular formula is C23H31N. The molecule has 1 aliphatic heterocycles. The Morgan fingerprint density at radius 2 is 1.67 bits per heavy atom. The van der Waals surface area contributed by atoms with Gasteiger partial charge in [-0.2, -0.15) is 0 Å². The van der Waals surface area contributed by atoms with Gasteiger partial charge in [0.1, 0.15) is 0 Å². The molecule has 0 aliphatic carbocycles. The SMILES string of the molecule is CCCc1ccc(C2(C(C)C)CCN(Cc3ccccc3)C2)cc1. The van der Waals surface area contributed by atoms with Crippen LogP contribution in [-0.2, 0) is 18.4 Å². The molecule has 0 radical (unpaired) electrons. The van der Waals surface area contributed by atoms with Crippen molar-refractivity contribution in [1.82, 2.24) is 4.90 Å². The van der Waals surface area contributed by atoms with E-state index in [4.69, 9.17) is 0 Å². The monoisotopic (exact) mass is 321 g/mol. The van der Waals surface area contributed by atoms with Crippen molar-refractivity contribution in [2.75, 3.05) is 13.1 Å². The van der Waals surface area contributed by atoms with E-state index in [-0.39, 0.29) is 0 Å². The third-order valence-corrected chi connectivity index (χ3v) is 5.80. The number of benzene rings is 2. The summed E-state index contributed by atoms with van der Waals surface area (Å²) in [6, 6.07) is 20.4. The summed E-state index contributed by atoms with van der Waals surface area (Å²) in [7, 11) is 0. The Morgan fingerprint density at radius 3 is 2.29 bits per heavy atom. The first-order valence-electron chi connectivity index (χ1n) is 9.50. The summed E-state index contributed by atoms with van der Waals surface area (Å²) in [6.07, 6.45) is 3.68. The van der Waals surface area contributed by atoms with E-state index in [2.05, 4.69) is 80.3 Å². The molecule has 0 spiro atoms. The Hall–Kier alpha value is -1.60. The van der Waals surface area contributed by atoms with Crippen molar-refractivity contribution in [2.45, 2.75) is 52.0 Å². The maximum Gasteiger partial charge on any atom is 0.0234 e. The van der Waals surface area contributed by atoms with Crippen molar-refractivity contribution in [2.24, 2.45) is 5.92 Å². The lowest BCUT2D eigenvalue weighted by Gasteiger charge is -2.34. The van der Waals surface area contributed by atoms with Gasteiger partial charge in [0.15, 0.2) is 0 Å². The molecular weight excluding hydrogens is 290 g/mol. The lowest BCUT2D eigenvalue weighted by molar-refractivity contribution is 0.264. The molecule has 2 aromatic carbocycles. The highest BCUT2D eigenvalue weighted by molar-refractivity contribution is 5.32. The van der Waals surface area contributed by atoms with Gasteiger partial charge in [-0.25, -0.2) is 0 Å². The van der Waals surface area contributed by atoms with Crippen LogP contribution in [-0.4, -0.2) is 18.0 Å². The minimum absolute atomic E-state index is 0.305. The maximum atomic E-state index is 2.63. The van der Waals surface area contributed by atoms with E-state index < -0.39 is 0 Å². The van der Waals surface area contributed by atoms with Gasteiger partial charge in [0.05, 0.1) is 0 Å². The molecule has 0 aromatic heterocycles. The molecule has 0 saturated carbocycles. The summed E-state index contributed by atoms with van der Waals surface area (Å²) in [6.45, 7) is 10.5. The molecule has 1 atom stereocenters. The van der Waals surface area contributed by atoms with Gasteiger partial charge in [-0.3, -0.25) is 4.90 Å². The van der Waals surface area contributed by atoms with Gasteiger partial charge < -0.3 is 0 Å². The van der Waals surface area contributed by atoms with E-state index in [0.29, 0.717) is 11.3 Å². The van der Waals surface area contributed by atoms with Gasteiger partial charge in [0, 0.05) is 18.5 Å². The van der Waals surface area contributed by atoms with E-state index >= 15 is 0 Å². The average Bonchev–Trinajstić information content (AvgIpc) is 3.02. The molecule has 1 nitrogen and oxygen atoms in total. The number of nitrogens with zero attached hydrogens (tertiary/aromatic N) is 1. The number of hydrogen-bond donors (Lipinski definition) is 0. The van der Waals surface area contributed by atoms with Gasteiger partial charge in [-0.1, -0.05) is 81.8 Å². The molecule has 0 bridgehead atoms. The van der Waals surface area contributed by atoms with Gasteiger partial charge >= 0.3 is 0 Å². The van der Waals surface area contributed by atoms with Crippen LogP contribution in [0, 0.1) is 5.92 Å². The van der Waals surface area contributed by atoms with Crippen LogP contribution in [0.25, 0.3) is 0 Å². The Kier molecular flexibility index (Phi) is 5.40.